The number of nitrogens with one attached hydrogen (secondary N) is 1. The first-order valence-corrected chi connectivity index (χ1v) is 11.9. The Bertz CT molecular complexity index is 1350. The van der Waals surface area contributed by atoms with Gasteiger partial charge in [0.15, 0.2) is 5.65 Å². The van der Waals surface area contributed by atoms with Crippen molar-refractivity contribution in [1.82, 2.24) is 19.4 Å². The van der Waals surface area contributed by atoms with Crippen LogP contribution in [-0.2, 0) is 6.54 Å². The topological polar surface area (TPSA) is 88.1 Å². The Labute approximate surface area is 192 Å². The molecule has 0 spiro atoms. The van der Waals surface area contributed by atoms with Crippen LogP contribution in [-0.4, -0.2) is 31.9 Å². The quantitative estimate of drug-likeness (QED) is 0.644. The number of hydrogen-bond donors (Lipinski definition) is 1. The number of pyridine rings is 1. The third-order valence-electron chi connectivity index (χ3n) is 6.80. The number of aromatic amines is 1. The van der Waals surface area contributed by atoms with Crippen LogP contribution in [0, 0.1) is 12.8 Å². The molecule has 1 N–H and O–H groups in total. The van der Waals surface area contributed by atoms with Crippen molar-refractivity contribution in [3.05, 3.63) is 73.6 Å². The zero-order chi connectivity index (χ0) is 23.3. The second-order valence-corrected chi connectivity index (χ2v) is 9.84. The van der Waals surface area contributed by atoms with Gasteiger partial charge in [0.2, 0.25) is 0 Å². The summed E-state index contributed by atoms with van der Waals surface area (Å²) in [6.45, 7) is 7.16. The molecule has 3 aromatic rings. The van der Waals surface area contributed by atoms with Gasteiger partial charge in [-0.2, -0.15) is 0 Å². The molecule has 33 heavy (non-hydrogen) atoms. The second kappa shape index (κ2) is 8.28. The van der Waals surface area contributed by atoms with E-state index in [1.54, 1.807) is 6.07 Å². The number of hydrogen-bond acceptors (Lipinski definition) is 4. The number of amides is 1. The van der Waals surface area contributed by atoms with Crippen LogP contribution in [0.5, 0.6) is 0 Å². The summed E-state index contributed by atoms with van der Waals surface area (Å²) < 4.78 is 1.52. The largest absolute Gasteiger partial charge is 0.332 e. The number of rotatable bonds is 5. The Kier molecular flexibility index (Phi) is 5.43. The minimum Gasteiger partial charge on any atom is -0.332 e. The van der Waals surface area contributed by atoms with Gasteiger partial charge >= 0.3 is 5.69 Å². The Morgan fingerprint density at radius 1 is 1.18 bits per heavy atom. The lowest BCUT2D eigenvalue weighted by Crippen LogP contribution is -2.35. The Hall–Kier alpha value is -3.22. The third-order valence-corrected chi connectivity index (χ3v) is 6.80. The van der Waals surface area contributed by atoms with Gasteiger partial charge in [0.25, 0.3) is 11.5 Å². The summed E-state index contributed by atoms with van der Waals surface area (Å²) >= 11 is 0. The van der Waals surface area contributed by atoms with E-state index in [0.29, 0.717) is 24.3 Å². The molecule has 1 saturated heterocycles. The van der Waals surface area contributed by atoms with Crippen LogP contribution < -0.4 is 11.2 Å². The van der Waals surface area contributed by atoms with Crippen LogP contribution in [0.3, 0.4) is 0 Å². The number of likely N-dealkylation sites (tertiary alicyclic amines) is 1. The van der Waals surface area contributed by atoms with Crippen molar-refractivity contribution < 1.29 is 4.79 Å². The van der Waals surface area contributed by atoms with Crippen LogP contribution in [0.2, 0.25) is 0 Å². The van der Waals surface area contributed by atoms with Gasteiger partial charge in [-0.05, 0) is 55.7 Å². The summed E-state index contributed by atoms with van der Waals surface area (Å²) in [5, 5.41) is 0.222. The van der Waals surface area contributed by atoms with E-state index in [-0.39, 0.29) is 29.2 Å². The molecule has 1 atom stereocenters. The second-order valence-electron chi connectivity index (χ2n) is 9.84. The number of benzene rings is 1. The summed E-state index contributed by atoms with van der Waals surface area (Å²) in [4.78, 5) is 48.7. The van der Waals surface area contributed by atoms with E-state index in [2.05, 4.69) is 24.0 Å². The van der Waals surface area contributed by atoms with E-state index in [1.165, 1.54) is 4.57 Å². The molecule has 2 aromatic heterocycles. The minimum absolute atomic E-state index is 0.0214. The monoisotopic (exact) mass is 446 g/mol. The summed E-state index contributed by atoms with van der Waals surface area (Å²) in [6.07, 6.45) is 3.83. The van der Waals surface area contributed by atoms with Crippen molar-refractivity contribution >= 4 is 16.9 Å². The maximum Gasteiger partial charge on any atom is 0.330 e. The number of carbonyl (C=O) groups is 1. The van der Waals surface area contributed by atoms with Crippen LogP contribution in [0.4, 0.5) is 0 Å². The molecule has 3 heterocycles. The zero-order valence-electron chi connectivity index (χ0n) is 19.4. The summed E-state index contributed by atoms with van der Waals surface area (Å²) in [5.74, 6) is 0.315. The molecule has 0 bridgehead atoms. The number of H-pyrrole nitrogens is 1. The summed E-state index contributed by atoms with van der Waals surface area (Å²) in [5.41, 5.74) is 2.79. The van der Waals surface area contributed by atoms with Gasteiger partial charge in [0, 0.05) is 24.7 Å². The molecule has 1 unspecified atom stereocenters. The van der Waals surface area contributed by atoms with Gasteiger partial charge in [0.05, 0.1) is 17.0 Å². The van der Waals surface area contributed by atoms with Crippen molar-refractivity contribution in [2.75, 3.05) is 6.54 Å². The molecule has 1 amide bonds. The molecule has 2 fully saturated rings. The lowest BCUT2D eigenvalue weighted by molar-refractivity contribution is 0.0737. The van der Waals surface area contributed by atoms with E-state index in [0.717, 1.165) is 42.5 Å². The Balaban J connectivity index is 1.69. The molecule has 1 aliphatic heterocycles. The first-order chi connectivity index (χ1) is 15.8. The highest BCUT2D eigenvalue weighted by atomic mass is 16.2. The Morgan fingerprint density at radius 3 is 2.64 bits per heavy atom. The maximum atomic E-state index is 14.0. The fourth-order valence-electron chi connectivity index (χ4n) is 5.03. The molecular weight excluding hydrogens is 416 g/mol. The predicted octanol–water partition coefficient (Wildman–Crippen LogP) is 3.90. The highest BCUT2D eigenvalue weighted by Gasteiger charge is 2.35. The van der Waals surface area contributed by atoms with Gasteiger partial charge in [-0.3, -0.25) is 19.1 Å². The highest BCUT2D eigenvalue weighted by molar-refractivity contribution is 6.05. The van der Waals surface area contributed by atoms with Crippen LogP contribution in [0.15, 0.2) is 39.9 Å². The van der Waals surface area contributed by atoms with Gasteiger partial charge < -0.3 is 4.90 Å². The zero-order valence-corrected chi connectivity index (χ0v) is 19.4. The number of aryl methyl sites for hydroxylation is 1. The number of carbonyl (C=O) groups excluding carboxylic acids is 1. The lowest BCUT2D eigenvalue weighted by atomic mass is 9.98. The van der Waals surface area contributed by atoms with Gasteiger partial charge in [0.1, 0.15) is 0 Å². The molecule has 5 rings (SSSR count). The van der Waals surface area contributed by atoms with E-state index in [4.69, 9.17) is 4.98 Å². The van der Waals surface area contributed by atoms with E-state index < -0.39 is 11.2 Å². The first kappa shape index (κ1) is 21.6. The average molecular weight is 447 g/mol. The minimum atomic E-state index is -0.542. The number of aromatic nitrogens is 3. The molecule has 1 aliphatic carbocycles. The fraction of sp³-hybridized carbons (Fsp3) is 0.462. The standard InChI is InChI=1S/C26H30N4O3/c1-15(2)14-30-23-22(24(31)28-26(30)33)19(13-20(27-23)17-10-11-17)25(32)29-12-6-9-21(29)18-8-5-4-7-16(18)3/h4-5,7-8,13,15,17,21H,6,9-12,14H2,1-3H3,(H,28,31,33). The van der Waals surface area contributed by atoms with E-state index >= 15 is 0 Å². The van der Waals surface area contributed by atoms with Crippen LogP contribution >= 0.6 is 0 Å². The molecule has 1 aromatic carbocycles. The Morgan fingerprint density at radius 2 is 1.94 bits per heavy atom. The van der Waals surface area contributed by atoms with E-state index in [9.17, 15) is 14.4 Å². The van der Waals surface area contributed by atoms with Crippen molar-refractivity contribution in [3.8, 4) is 0 Å². The van der Waals surface area contributed by atoms with Crippen molar-refractivity contribution in [2.24, 2.45) is 5.92 Å². The first-order valence-electron chi connectivity index (χ1n) is 11.9. The van der Waals surface area contributed by atoms with Crippen LogP contribution in [0.1, 0.15) is 78.7 Å². The lowest BCUT2D eigenvalue weighted by Gasteiger charge is -2.27. The third kappa shape index (κ3) is 3.90. The smallest absolute Gasteiger partial charge is 0.330 e. The molecule has 7 heteroatoms. The van der Waals surface area contributed by atoms with Crippen LogP contribution in [0.25, 0.3) is 11.0 Å². The SMILES string of the molecule is Cc1ccccc1C1CCCN1C(=O)c1cc(C2CC2)nc2c1c(=O)[nH]c(=O)n2CC(C)C. The summed E-state index contributed by atoms with van der Waals surface area (Å²) in [6, 6.07) is 9.94. The van der Waals surface area contributed by atoms with Gasteiger partial charge in [-0.1, -0.05) is 38.1 Å². The van der Waals surface area contributed by atoms with Crippen molar-refractivity contribution in [2.45, 2.75) is 65.0 Å². The van der Waals surface area contributed by atoms with Gasteiger partial charge in [-0.15, -0.1) is 0 Å². The molecule has 2 aliphatic rings. The number of fused-ring (bicyclic) bond motifs is 1. The molecule has 7 nitrogen and oxygen atoms in total. The summed E-state index contributed by atoms with van der Waals surface area (Å²) in [7, 11) is 0. The molecule has 1 saturated carbocycles. The maximum absolute atomic E-state index is 14.0. The predicted molar refractivity (Wildman–Crippen MR) is 128 cm³/mol. The fourth-order valence-corrected chi connectivity index (χ4v) is 5.03. The highest BCUT2D eigenvalue weighted by Crippen LogP contribution is 2.41. The number of nitrogens with zero attached hydrogens (tertiary/aromatic N) is 3. The molecule has 0 radical (unpaired) electrons. The average Bonchev–Trinajstić information content (AvgIpc) is 3.52. The molecular formula is C26H30N4O3. The van der Waals surface area contributed by atoms with Crippen molar-refractivity contribution in [1.29, 1.82) is 0 Å². The normalized spacial score (nSPS) is 18.4. The van der Waals surface area contributed by atoms with Crippen molar-refractivity contribution in [3.63, 3.8) is 0 Å². The van der Waals surface area contributed by atoms with E-state index in [1.807, 2.05) is 30.9 Å². The van der Waals surface area contributed by atoms with Gasteiger partial charge in [-0.25, -0.2) is 9.78 Å². The molecule has 172 valence electrons.